The Morgan fingerprint density at radius 2 is 0.714 bits per heavy atom. The van der Waals surface area contributed by atoms with Crippen LogP contribution in [-0.2, 0) is 0 Å². The summed E-state index contributed by atoms with van der Waals surface area (Å²) in [5.41, 5.74) is 0. The number of rotatable bonds is 0. The first kappa shape index (κ1) is 13.9. The molecule has 0 heterocycles. The minimum Gasteiger partial charge on any atom is -0.174 e. The minimum absolute atomic E-state index is 3.73. The van der Waals surface area contributed by atoms with Crippen molar-refractivity contribution in [2.24, 2.45) is 0 Å². The molecule has 0 unspecified atom stereocenters. The van der Waals surface area contributed by atoms with E-state index in [4.69, 9.17) is 0 Å². The summed E-state index contributed by atoms with van der Waals surface area (Å²) in [7, 11) is -7.88. The van der Waals surface area contributed by atoms with E-state index >= 15 is 0 Å². The van der Waals surface area contributed by atoms with Crippen LogP contribution >= 0.6 is 11.1 Å². The number of hydrogen-bond acceptors (Lipinski definition) is 0. The molecule has 11 heteroatoms. The third-order valence-electron chi connectivity index (χ3n) is 1.17. The molecule has 0 amide bonds. The van der Waals surface area contributed by atoms with Crippen LogP contribution in [-0.4, -0.2) is 24.8 Å². The van der Waals surface area contributed by atoms with Crippen molar-refractivity contribution in [3.8, 4) is 0 Å². The van der Waals surface area contributed by atoms with E-state index in [-0.39, 0.29) is 0 Å². The molecule has 0 N–H and O–H groups in total. The average molecular weight is 271 g/mol. The van der Waals surface area contributed by atoms with Gasteiger partial charge in [0.1, 0.15) is 0 Å². The molecule has 0 aliphatic carbocycles. The van der Waals surface area contributed by atoms with Crippen molar-refractivity contribution >= 4 is 18.5 Å². The lowest BCUT2D eigenvalue weighted by Gasteiger charge is -2.29. The molecule has 0 rings (SSSR count). The molecule has 0 nitrogen and oxygen atoms in total. The second-order valence-corrected chi connectivity index (χ2v) is 6.87. The van der Waals surface area contributed by atoms with Gasteiger partial charge in [-0.05, 0) is 0 Å². The largest absolute Gasteiger partial charge is 0.512 e. The van der Waals surface area contributed by atoms with Gasteiger partial charge in [0.25, 0.3) is 0 Å². The second kappa shape index (κ2) is 3.19. The molecular formula is C3ClF9Si. The summed E-state index contributed by atoms with van der Waals surface area (Å²) in [6.45, 7) is 0. The molecule has 0 fully saturated rings. The van der Waals surface area contributed by atoms with Gasteiger partial charge in [0.2, 0.25) is 0 Å². The Bertz CT molecular complexity index is 174. The molecule has 0 aliphatic heterocycles. The zero-order valence-corrected chi connectivity index (χ0v) is 7.54. The Labute approximate surface area is 76.3 Å². The smallest absolute Gasteiger partial charge is 0.174 e. The Morgan fingerprint density at radius 3 is 0.714 bits per heavy atom. The molecule has 0 radical (unpaired) electrons. The minimum atomic E-state index is -7.88. The molecule has 0 saturated heterocycles. The zero-order valence-electron chi connectivity index (χ0n) is 5.78. The molecule has 86 valence electrons. The first-order valence-corrected chi connectivity index (χ1v) is 5.65. The van der Waals surface area contributed by atoms with Gasteiger partial charge in [-0.2, -0.15) is 39.5 Å². The maximum absolute atomic E-state index is 11.6. The predicted molar refractivity (Wildman–Crippen MR) is 29.8 cm³/mol. The quantitative estimate of drug-likeness (QED) is 0.359. The van der Waals surface area contributed by atoms with E-state index in [1.165, 1.54) is 0 Å². The molecule has 0 bridgehead atoms. The van der Waals surface area contributed by atoms with Gasteiger partial charge in [-0.25, -0.2) is 0 Å². The fraction of sp³-hybridized carbons (Fsp3) is 1.00. The summed E-state index contributed by atoms with van der Waals surface area (Å²) in [6, 6.07) is 0. The lowest BCUT2D eigenvalue weighted by Crippen LogP contribution is -2.67. The fourth-order valence-corrected chi connectivity index (χ4v) is 1.45. The molecule has 0 aromatic carbocycles. The third-order valence-corrected chi connectivity index (χ3v) is 5.44. The van der Waals surface area contributed by atoms with Crippen LogP contribution < -0.4 is 0 Å². The maximum Gasteiger partial charge on any atom is 0.512 e. The van der Waals surface area contributed by atoms with Crippen molar-refractivity contribution in [1.29, 1.82) is 0 Å². The molecule has 0 saturated carbocycles. The molecule has 0 aromatic heterocycles. The van der Waals surface area contributed by atoms with E-state index in [2.05, 4.69) is 11.1 Å². The van der Waals surface area contributed by atoms with Crippen molar-refractivity contribution in [1.82, 2.24) is 0 Å². The zero-order chi connectivity index (χ0) is 12.0. The summed E-state index contributed by atoms with van der Waals surface area (Å²) in [5.74, 6) is -19.6. The van der Waals surface area contributed by atoms with Gasteiger partial charge in [0.15, 0.2) is 0 Å². The van der Waals surface area contributed by atoms with E-state index in [1.54, 1.807) is 0 Å². The molecule has 0 spiro atoms. The van der Waals surface area contributed by atoms with Crippen LogP contribution in [0.1, 0.15) is 0 Å². The van der Waals surface area contributed by atoms with Crippen LogP contribution in [0.4, 0.5) is 39.5 Å². The normalized spacial score (nSPS) is 15.9. The summed E-state index contributed by atoms with van der Waals surface area (Å²) in [4.78, 5) is 0. The van der Waals surface area contributed by atoms with Crippen molar-refractivity contribution in [2.75, 3.05) is 0 Å². The highest BCUT2D eigenvalue weighted by atomic mass is 35.6. The second-order valence-electron chi connectivity index (χ2n) is 2.15. The van der Waals surface area contributed by atoms with Crippen LogP contribution in [0.2, 0.25) is 0 Å². The first-order chi connectivity index (χ1) is 5.75. The predicted octanol–water partition coefficient (Wildman–Crippen LogP) is 3.48. The van der Waals surface area contributed by atoms with Crippen molar-refractivity contribution in [3.63, 3.8) is 0 Å². The average Bonchev–Trinajstić information content (AvgIpc) is 1.77. The maximum atomic E-state index is 11.6. The van der Waals surface area contributed by atoms with Crippen LogP contribution in [0, 0.1) is 0 Å². The topological polar surface area (TPSA) is 0 Å². The standard InChI is InChI=1S/C3ClF9Si/c4-14(1(5,6)7,2(8,9)10)3(11,12)13. The summed E-state index contributed by atoms with van der Waals surface area (Å²) >= 11 is 3.73. The van der Waals surface area contributed by atoms with E-state index in [1.807, 2.05) is 0 Å². The monoisotopic (exact) mass is 270 g/mol. The van der Waals surface area contributed by atoms with Crippen molar-refractivity contribution in [2.45, 2.75) is 17.4 Å². The highest BCUT2D eigenvalue weighted by molar-refractivity contribution is 7.23. The van der Waals surface area contributed by atoms with Crippen LogP contribution in [0.15, 0.2) is 0 Å². The molecule has 0 atom stereocenters. The molecule has 0 aliphatic rings. The Hall–Kier alpha value is -0.123. The number of halogens is 10. The van der Waals surface area contributed by atoms with Gasteiger partial charge in [-0.15, -0.1) is 11.1 Å². The number of hydrogen-bond donors (Lipinski definition) is 0. The van der Waals surface area contributed by atoms with Gasteiger partial charge in [0.05, 0.1) is 0 Å². The summed E-state index contributed by atoms with van der Waals surface area (Å²) in [6.07, 6.45) is 0. The SMILES string of the molecule is FC(F)(F)[Si](Cl)(C(F)(F)F)C(F)(F)F. The van der Waals surface area contributed by atoms with Gasteiger partial charge in [-0.3, -0.25) is 0 Å². The highest BCUT2D eigenvalue weighted by Crippen LogP contribution is 2.52. The van der Waals surface area contributed by atoms with E-state index < -0.39 is 24.8 Å². The first-order valence-electron chi connectivity index (χ1n) is 2.64. The Morgan fingerprint density at radius 1 is 0.571 bits per heavy atom. The van der Waals surface area contributed by atoms with Gasteiger partial charge in [0, 0.05) is 0 Å². The Kier molecular flexibility index (Phi) is 3.16. The van der Waals surface area contributed by atoms with Crippen LogP contribution in [0.5, 0.6) is 0 Å². The summed E-state index contributed by atoms with van der Waals surface area (Å²) < 4.78 is 104. The van der Waals surface area contributed by atoms with Crippen LogP contribution in [0.25, 0.3) is 0 Å². The molecule has 14 heavy (non-hydrogen) atoms. The van der Waals surface area contributed by atoms with Crippen LogP contribution in [0.3, 0.4) is 0 Å². The highest BCUT2D eigenvalue weighted by Gasteiger charge is 2.87. The lowest BCUT2D eigenvalue weighted by atomic mass is 11.4. The number of alkyl halides is 9. The fourth-order valence-electron chi connectivity index (χ4n) is 0.482. The van der Waals surface area contributed by atoms with Crippen molar-refractivity contribution in [3.05, 3.63) is 0 Å². The molecule has 0 aromatic rings. The lowest BCUT2D eigenvalue weighted by molar-refractivity contribution is -0.156. The van der Waals surface area contributed by atoms with Gasteiger partial charge < -0.3 is 0 Å². The van der Waals surface area contributed by atoms with E-state index in [9.17, 15) is 39.5 Å². The van der Waals surface area contributed by atoms with Crippen molar-refractivity contribution < 1.29 is 39.5 Å². The van der Waals surface area contributed by atoms with Gasteiger partial charge in [-0.1, -0.05) is 0 Å². The van der Waals surface area contributed by atoms with E-state index in [0.717, 1.165) is 0 Å². The van der Waals surface area contributed by atoms with E-state index in [0.29, 0.717) is 0 Å². The summed E-state index contributed by atoms with van der Waals surface area (Å²) in [5, 5.41) is 0. The molecular weight excluding hydrogens is 271 g/mol. The van der Waals surface area contributed by atoms with Gasteiger partial charge >= 0.3 is 24.8 Å². The third kappa shape index (κ3) is 1.95. The Balaban J connectivity index is 5.54.